The van der Waals surface area contributed by atoms with E-state index >= 15 is 0 Å². The lowest BCUT2D eigenvalue weighted by molar-refractivity contribution is 0.577. The third kappa shape index (κ3) is 2.98. The molecule has 0 aliphatic carbocycles. The van der Waals surface area contributed by atoms with E-state index in [4.69, 9.17) is 0 Å². The molecule has 5 nitrogen and oxygen atoms in total. The molecule has 1 N–H and O–H groups in total. The summed E-state index contributed by atoms with van der Waals surface area (Å²) in [6, 6.07) is 8.26. The van der Waals surface area contributed by atoms with E-state index in [9.17, 15) is 8.42 Å². The van der Waals surface area contributed by atoms with Crippen LogP contribution in [0.3, 0.4) is 0 Å². The van der Waals surface area contributed by atoms with Gasteiger partial charge in [-0.2, -0.15) is 5.10 Å². The van der Waals surface area contributed by atoms with Crippen LogP contribution in [0.4, 0.5) is 0 Å². The summed E-state index contributed by atoms with van der Waals surface area (Å²) in [4.78, 5) is 0.243. The van der Waals surface area contributed by atoms with Gasteiger partial charge in [-0.1, -0.05) is 15.9 Å². The van der Waals surface area contributed by atoms with Gasteiger partial charge in [0.25, 0.3) is 0 Å². The Morgan fingerprint density at radius 1 is 1.28 bits per heavy atom. The zero-order chi connectivity index (χ0) is 13.2. The van der Waals surface area contributed by atoms with E-state index in [0.29, 0.717) is 0 Å². The highest BCUT2D eigenvalue weighted by Crippen LogP contribution is 2.14. The highest BCUT2D eigenvalue weighted by molar-refractivity contribution is 9.10. The molecule has 0 saturated heterocycles. The number of sulfonamides is 1. The Balaban J connectivity index is 2.13. The first-order chi connectivity index (χ1) is 8.49. The van der Waals surface area contributed by atoms with E-state index in [1.165, 1.54) is 0 Å². The molecule has 0 fully saturated rings. The molecule has 1 heterocycles. The van der Waals surface area contributed by atoms with Crippen LogP contribution in [0.15, 0.2) is 45.9 Å². The maximum absolute atomic E-state index is 12.0. The molecule has 0 radical (unpaired) electrons. The molecule has 0 aliphatic rings. The van der Waals surface area contributed by atoms with Gasteiger partial charge in [-0.15, -0.1) is 0 Å². The first-order valence-electron chi connectivity index (χ1n) is 5.21. The summed E-state index contributed by atoms with van der Waals surface area (Å²) in [5.74, 6) is 0. The lowest BCUT2D eigenvalue weighted by Gasteiger charge is -2.07. The number of hydrogen-bond acceptors (Lipinski definition) is 3. The number of aryl methyl sites for hydroxylation is 1. The second-order valence-corrected chi connectivity index (χ2v) is 6.41. The van der Waals surface area contributed by atoms with Crippen molar-refractivity contribution in [3.05, 3.63) is 46.7 Å². The third-order valence-corrected chi connectivity index (χ3v) is 4.44. The van der Waals surface area contributed by atoms with E-state index in [1.807, 2.05) is 0 Å². The van der Waals surface area contributed by atoms with E-state index in [0.717, 1.165) is 10.2 Å². The largest absolute Gasteiger partial charge is 0.271 e. The molecular formula is C11H12BrN3O2S. The van der Waals surface area contributed by atoms with Gasteiger partial charge in [0.15, 0.2) is 0 Å². The number of benzene rings is 1. The molecule has 0 aliphatic heterocycles. The molecule has 1 aromatic heterocycles. The molecule has 18 heavy (non-hydrogen) atoms. The number of rotatable bonds is 4. The van der Waals surface area contributed by atoms with Gasteiger partial charge in [-0.25, -0.2) is 13.1 Å². The maximum atomic E-state index is 12.0. The second-order valence-electron chi connectivity index (χ2n) is 3.72. The fourth-order valence-corrected chi connectivity index (χ4v) is 2.70. The van der Waals surface area contributed by atoms with Crippen LogP contribution < -0.4 is 4.72 Å². The van der Waals surface area contributed by atoms with E-state index in [-0.39, 0.29) is 11.4 Å². The average Bonchev–Trinajstić information content (AvgIpc) is 2.73. The molecule has 0 unspecified atom stereocenters. The highest BCUT2D eigenvalue weighted by atomic mass is 79.9. The zero-order valence-electron chi connectivity index (χ0n) is 9.67. The molecule has 0 spiro atoms. The fourth-order valence-electron chi connectivity index (χ4n) is 1.44. The Morgan fingerprint density at radius 3 is 2.50 bits per heavy atom. The van der Waals surface area contributed by atoms with Crippen molar-refractivity contribution in [1.82, 2.24) is 14.5 Å². The van der Waals surface area contributed by atoms with Crippen molar-refractivity contribution < 1.29 is 8.42 Å². The van der Waals surface area contributed by atoms with Gasteiger partial charge in [0.2, 0.25) is 10.0 Å². The van der Waals surface area contributed by atoms with Crippen LogP contribution in [0.25, 0.3) is 0 Å². The van der Waals surface area contributed by atoms with Crippen molar-refractivity contribution in [1.29, 1.82) is 0 Å². The molecule has 0 atom stereocenters. The lowest BCUT2D eigenvalue weighted by Crippen LogP contribution is -2.24. The van der Waals surface area contributed by atoms with Crippen molar-refractivity contribution in [2.24, 2.45) is 7.05 Å². The molecule has 0 saturated carbocycles. The predicted octanol–water partition coefficient (Wildman–Crippen LogP) is 1.66. The Labute approximate surface area is 114 Å². The SMILES string of the molecule is Cn1nccc1CNS(=O)(=O)c1ccc(Br)cc1. The zero-order valence-corrected chi connectivity index (χ0v) is 12.1. The summed E-state index contributed by atoms with van der Waals surface area (Å²) in [6.07, 6.45) is 1.63. The van der Waals surface area contributed by atoms with Crippen LogP contribution in [-0.4, -0.2) is 18.2 Å². The van der Waals surface area contributed by atoms with Crippen molar-refractivity contribution in [3.63, 3.8) is 0 Å². The van der Waals surface area contributed by atoms with Crippen LogP contribution in [0, 0.1) is 0 Å². The number of aromatic nitrogens is 2. The third-order valence-electron chi connectivity index (χ3n) is 2.49. The van der Waals surface area contributed by atoms with Gasteiger partial charge >= 0.3 is 0 Å². The van der Waals surface area contributed by atoms with Crippen molar-refractivity contribution in [2.45, 2.75) is 11.4 Å². The van der Waals surface area contributed by atoms with Crippen LogP contribution in [0.5, 0.6) is 0 Å². The summed E-state index contributed by atoms with van der Waals surface area (Å²) in [7, 11) is -1.71. The van der Waals surface area contributed by atoms with E-state index < -0.39 is 10.0 Å². The van der Waals surface area contributed by atoms with Crippen molar-refractivity contribution in [2.75, 3.05) is 0 Å². The maximum Gasteiger partial charge on any atom is 0.240 e. The number of hydrogen-bond donors (Lipinski definition) is 1. The number of nitrogens with zero attached hydrogens (tertiary/aromatic N) is 2. The second kappa shape index (κ2) is 5.21. The smallest absolute Gasteiger partial charge is 0.240 e. The minimum absolute atomic E-state index is 0.217. The minimum Gasteiger partial charge on any atom is -0.271 e. The lowest BCUT2D eigenvalue weighted by atomic mass is 10.4. The van der Waals surface area contributed by atoms with Gasteiger partial charge in [-0.3, -0.25) is 4.68 Å². The Kier molecular flexibility index (Phi) is 3.84. The molecule has 0 bridgehead atoms. The van der Waals surface area contributed by atoms with Crippen LogP contribution in [0.2, 0.25) is 0 Å². The summed E-state index contributed by atoms with van der Waals surface area (Å²) >= 11 is 3.27. The van der Waals surface area contributed by atoms with Gasteiger partial charge < -0.3 is 0 Å². The first-order valence-corrected chi connectivity index (χ1v) is 7.49. The minimum atomic E-state index is -3.48. The molecule has 2 rings (SSSR count). The van der Waals surface area contributed by atoms with Crippen LogP contribution >= 0.6 is 15.9 Å². The summed E-state index contributed by atoms with van der Waals surface area (Å²) in [5.41, 5.74) is 0.802. The van der Waals surface area contributed by atoms with Crippen LogP contribution in [0.1, 0.15) is 5.69 Å². The Morgan fingerprint density at radius 2 is 1.94 bits per heavy atom. The topological polar surface area (TPSA) is 64.0 Å². The monoisotopic (exact) mass is 329 g/mol. The van der Waals surface area contributed by atoms with Gasteiger partial charge in [0.05, 0.1) is 17.1 Å². The normalized spacial score (nSPS) is 11.7. The summed E-state index contributed by atoms with van der Waals surface area (Å²) < 4.78 is 29.0. The first kappa shape index (κ1) is 13.3. The molecule has 0 amide bonds. The molecule has 96 valence electrons. The Hall–Kier alpha value is -1.18. The Bertz CT molecular complexity index is 635. The highest BCUT2D eigenvalue weighted by Gasteiger charge is 2.13. The number of halogens is 1. The van der Waals surface area contributed by atoms with Crippen LogP contribution in [-0.2, 0) is 23.6 Å². The quantitative estimate of drug-likeness (QED) is 0.927. The van der Waals surface area contributed by atoms with Gasteiger partial charge in [0.1, 0.15) is 0 Å². The molecular weight excluding hydrogens is 318 g/mol. The van der Waals surface area contributed by atoms with Gasteiger partial charge in [-0.05, 0) is 30.3 Å². The number of nitrogens with one attached hydrogen (secondary N) is 1. The summed E-state index contributed by atoms with van der Waals surface area (Å²) in [6.45, 7) is 0.217. The fraction of sp³-hybridized carbons (Fsp3) is 0.182. The van der Waals surface area contributed by atoms with Crippen molar-refractivity contribution >= 4 is 26.0 Å². The van der Waals surface area contributed by atoms with E-state index in [1.54, 1.807) is 48.3 Å². The van der Waals surface area contributed by atoms with Crippen molar-refractivity contribution in [3.8, 4) is 0 Å². The molecule has 2 aromatic rings. The summed E-state index contributed by atoms with van der Waals surface area (Å²) in [5, 5.41) is 3.98. The van der Waals surface area contributed by atoms with Gasteiger partial charge in [0, 0.05) is 17.7 Å². The molecule has 7 heteroatoms. The predicted molar refractivity (Wildman–Crippen MR) is 71.4 cm³/mol. The molecule has 1 aromatic carbocycles. The van der Waals surface area contributed by atoms with E-state index in [2.05, 4.69) is 25.8 Å². The standard InChI is InChI=1S/C11H12BrN3O2S/c1-15-10(6-7-13-15)8-14-18(16,17)11-4-2-9(12)3-5-11/h2-7,14H,8H2,1H3. The average molecular weight is 330 g/mol.